The van der Waals surface area contributed by atoms with Gasteiger partial charge in [-0.15, -0.1) is 11.6 Å². The van der Waals surface area contributed by atoms with Gasteiger partial charge in [-0.05, 0) is 55.7 Å². The number of hydrogen-bond donors (Lipinski definition) is 1. The van der Waals surface area contributed by atoms with Crippen molar-refractivity contribution in [2.45, 2.75) is 54.0 Å². The molecule has 0 fully saturated rings. The number of nitrogens with one attached hydrogen (secondary N) is 1. The van der Waals surface area contributed by atoms with Crippen LogP contribution in [0.3, 0.4) is 0 Å². The summed E-state index contributed by atoms with van der Waals surface area (Å²) in [4.78, 5) is 0. The molecule has 0 saturated heterocycles. The van der Waals surface area contributed by atoms with Crippen LogP contribution in [-0.2, 0) is 6.54 Å². The van der Waals surface area contributed by atoms with Crippen molar-refractivity contribution < 1.29 is 0 Å². The van der Waals surface area contributed by atoms with E-state index >= 15 is 0 Å². The van der Waals surface area contributed by atoms with Crippen LogP contribution in [0, 0.1) is 26.2 Å². The molecule has 1 rings (SSSR count). The maximum absolute atomic E-state index is 5.77. The quantitative estimate of drug-likeness (QED) is 0.712. The van der Waals surface area contributed by atoms with Gasteiger partial charge in [0.1, 0.15) is 0 Å². The fraction of sp³-hybridized carbons (Fsp3) is 0.647. The van der Waals surface area contributed by atoms with Gasteiger partial charge in [0, 0.05) is 19.0 Å². The molecule has 2 heteroatoms. The summed E-state index contributed by atoms with van der Waals surface area (Å²) >= 11 is 5.77. The predicted octanol–water partition coefficient (Wildman–Crippen LogP) is 4.75. The molecule has 1 aromatic rings. The van der Waals surface area contributed by atoms with E-state index in [1.165, 1.54) is 28.7 Å². The Labute approximate surface area is 123 Å². The molecule has 108 valence electrons. The average Bonchev–Trinajstić information content (AvgIpc) is 2.30. The van der Waals surface area contributed by atoms with Gasteiger partial charge in [0.2, 0.25) is 0 Å². The van der Waals surface area contributed by atoms with E-state index in [-0.39, 0.29) is 0 Å². The Balaban J connectivity index is 2.54. The number of aryl methyl sites for hydroxylation is 3. The SMILES string of the molecule is Cc1cc(C)c(CNCC(C)(C)CCCCl)c(C)c1. The van der Waals surface area contributed by atoms with Gasteiger partial charge in [0.05, 0.1) is 0 Å². The van der Waals surface area contributed by atoms with Crippen LogP contribution in [0.4, 0.5) is 0 Å². The Morgan fingerprint density at radius 2 is 1.68 bits per heavy atom. The molecule has 0 aliphatic carbocycles. The third kappa shape index (κ3) is 5.54. The van der Waals surface area contributed by atoms with E-state index in [2.05, 4.69) is 52.1 Å². The largest absolute Gasteiger partial charge is 0.312 e. The van der Waals surface area contributed by atoms with Crippen LogP contribution >= 0.6 is 11.6 Å². The molecule has 0 bridgehead atoms. The first-order chi connectivity index (χ1) is 8.85. The molecule has 1 N–H and O–H groups in total. The summed E-state index contributed by atoms with van der Waals surface area (Å²) in [6.07, 6.45) is 2.27. The van der Waals surface area contributed by atoms with Gasteiger partial charge in [-0.25, -0.2) is 0 Å². The van der Waals surface area contributed by atoms with Crippen molar-refractivity contribution in [1.29, 1.82) is 0 Å². The molecule has 0 radical (unpaired) electrons. The second kappa shape index (κ2) is 7.31. The fourth-order valence-electron chi connectivity index (χ4n) is 2.65. The van der Waals surface area contributed by atoms with Gasteiger partial charge in [0.15, 0.2) is 0 Å². The van der Waals surface area contributed by atoms with Crippen LogP contribution in [0.5, 0.6) is 0 Å². The summed E-state index contributed by atoms with van der Waals surface area (Å²) in [5, 5.41) is 3.61. The lowest BCUT2D eigenvalue weighted by molar-refractivity contribution is 0.311. The first kappa shape index (κ1) is 16.5. The van der Waals surface area contributed by atoms with Crippen LogP contribution in [0.25, 0.3) is 0 Å². The summed E-state index contributed by atoms with van der Waals surface area (Å²) in [5.74, 6) is 0.764. The minimum absolute atomic E-state index is 0.321. The van der Waals surface area contributed by atoms with Gasteiger partial charge in [-0.3, -0.25) is 0 Å². The van der Waals surface area contributed by atoms with E-state index in [1.807, 2.05) is 0 Å². The molecule has 0 heterocycles. The monoisotopic (exact) mass is 281 g/mol. The lowest BCUT2D eigenvalue weighted by Gasteiger charge is -2.25. The fourth-order valence-corrected chi connectivity index (χ4v) is 2.78. The van der Waals surface area contributed by atoms with Gasteiger partial charge in [0.25, 0.3) is 0 Å². The van der Waals surface area contributed by atoms with Crippen molar-refractivity contribution in [1.82, 2.24) is 5.32 Å². The highest BCUT2D eigenvalue weighted by atomic mass is 35.5. The smallest absolute Gasteiger partial charge is 0.0223 e. The van der Waals surface area contributed by atoms with Crippen molar-refractivity contribution in [3.63, 3.8) is 0 Å². The van der Waals surface area contributed by atoms with Crippen LogP contribution < -0.4 is 5.32 Å². The van der Waals surface area contributed by atoms with Crippen molar-refractivity contribution in [3.8, 4) is 0 Å². The van der Waals surface area contributed by atoms with Crippen LogP contribution in [0.1, 0.15) is 48.9 Å². The van der Waals surface area contributed by atoms with Crippen LogP contribution in [0.15, 0.2) is 12.1 Å². The molecule has 1 nitrogen and oxygen atoms in total. The number of benzene rings is 1. The number of hydrogen-bond acceptors (Lipinski definition) is 1. The molecule has 19 heavy (non-hydrogen) atoms. The first-order valence-corrected chi connectivity index (χ1v) is 7.72. The zero-order chi connectivity index (χ0) is 14.5. The van der Waals surface area contributed by atoms with E-state index in [0.29, 0.717) is 5.41 Å². The lowest BCUT2D eigenvalue weighted by atomic mass is 9.88. The maximum atomic E-state index is 5.77. The Morgan fingerprint density at radius 1 is 1.11 bits per heavy atom. The third-order valence-electron chi connectivity index (χ3n) is 3.73. The molecule has 0 amide bonds. The predicted molar refractivity (Wildman–Crippen MR) is 86.1 cm³/mol. The van der Waals surface area contributed by atoms with E-state index in [9.17, 15) is 0 Å². The molecular weight excluding hydrogens is 254 g/mol. The summed E-state index contributed by atoms with van der Waals surface area (Å²) in [5.41, 5.74) is 5.90. The zero-order valence-corrected chi connectivity index (χ0v) is 13.8. The Kier molecular flexibility index (Phi) is 6.35. The highest BCUT2D eigenvalue weighted by molar-refractivity contribution is 6.17. The molecule has 0 aliphatic rings. The second-order valence-corrected chi connectivity index (χ2v) is 6.82. The number of alkyl halides is 1. The number of rotatable bonds is 7. The highest BCUT2D eigenvalue weighted by Crippen LogP contribution is 2.22. The van der Waals surface area contributed by atoms with Gasteiger partial charge in [-0.1, -0.05) is 31.5 Å². The standard InChI is InChI=1S/C17H28ClN/c1-13-9-14(2)16(15(3)10-13)11-19-12-17(4,5)7-6-8-18/h9-10,19H,6-8,11-12H2,1-5H3. The van der Waals surface area contributed by atoms with E-state index < -0.39 is 0 Å². The van der Waals surface area contributed by atoms with Crippen molar-refractivity contribution in [3.05, 3.63) is 34.4 Å². The summed E-state index contributed by atoms with van der Waals surface area (Å²) in [6, 6.07) is 4.53. The second-order valence-electron chi connectivity index (χ2n) is 6.44. The van der Waals surface area contributed by atoms with Gasteiger partial charge >= 0.3 is 0 Å². The summed E-state index contributed by atoms with van der Waals surface area (Å²) < 4.78 is 0. The number of halogens is 1. The zero-order valence-electron chi connectivity index (χ0n) is 13.1. The molecule has 0 aliphatic heterocycles. The van der Waals surface area contributed by atoms with Gasteiger partial charge < -0.3 is 5.32 Å². The molecule has 0 atom stereocenters. The minimum Gasteiger partial charge on any atom is -0.312 e. The third-order valence-corrected chi connectivity index (χ3v) is 4.00. The lowest BCUT2D eigenvalue weighted by Crippen LogP contribution is -2.29. The Morgan fingerprint density at radius 3 is 2.21 bits per heavy atom. The molecule has 0 aromatic heterocycles. The van der Waals surface area contributed by atoms with Crippen molar-refractivity contribution >= 4 is 11.6 Å². The van der Waals surface area contributed by atoms with E-state index in [4.69, 9.17) is 11.6 Å². The van der Waals surface area contributed by atoms with Crippen LogP contribution in [-0.4, -0.2) is 12.4 Å². The van der Waals surface area contributed by atoms with E-state index in [1.54, 1.807) is 0 Å². The first-order valence-electron chi connectivity index (χ1n) is 7.19. The average molecular weight is 282 g/mol. The molecule has 0 unspecified atom stereocenters. The minimum atomic E-state index is 0.321. The Hall–Kier alpha value is -0.530. The molecule has 1 aromatic carbocycles. The molecular formula is C17H28ClN. The summed E-state index contributed by atoms with van der Waals surface area (Å²) in [7, 11) is 0. The maximum Gasteiger partial charge on any atom is 0.0223 e. The summed E-state index contributed by atoms with van der Waals surface area (Å²) in [6.45, 7) is 13.2. The topological polar surface area (TPSA) is 12.0 Å². The molecule has 0 spiro atoms. The van der Waals surface area contributed by atoms with Gasteiger partial charge in [-0.2, -0.15) is 0 Å². The van der Waals surface area contributed by atoms with Crippen molar-refractivity contribution in [2.75, 3.05) is 12.4 Å². The van der Waals surface area contributed by atoms with E-state index in [0.717, 1.165) is 25.4 Å². The Bertz CT molecular complexity index is 387. The normalized spacial score (nSPS) is 11.9. The highest BCUT2D eigenvalue weighted by Gasteiger charge is 2.16. The molecule has 0 saturated carbocycles. The van der Waals surface area contributed by atoms with Crippen molar-refractivity contribution in [2.24, 2.45) is 5.41 Å². The van der Waals surface area contributed by atoms with Crippen LogP contribution in [0.2, 0.25) is 0 Å².